The molecule has 3 rings (SSSR count). The van der Waals surface area contributed by atoms with Gasteiger partial charge in [-0.2, -0.15) is 4.31 Å². The van der Waals surface area contributed by atoms with E-state index in [1.54, 1.807) is 37.0 Å². The number of aryl methyl sites for hydroxylation is 2. The topological polar surface area (TPSA) is 84.5 Å². The van der Waals surface area contributed by atoms with Crippen LogP contribution in [-0.2, 0) is 10.0 Å². The van der Waals surface area contributed by atoms with Crippen LogP contribution in [0.25, 0.3) is 0 Å². The first-order valence-electron chi connectivity index (χ1n) is 7.40. The van der Waals surface area contributed by atoms with Gasteiger partial charge in [0.2, 0.25) is 10.0 Å². The zero-order valence-electron chi connectivity index (χ0n) is 13.7. The van der Waals surface area contributed by atoms with Gasteiger partial charge in [-0.05, 0) is 34.0 Å². The molecule has 0 spiro atoms. The maximum atomic E-state index is 13.0. The Morgan fingerprint density at radius 1 is 1.30 bits per heavy atom. The molecule has 0 N–H and O–H groups in total. The number of aromatic nitrogens is 3. The Kier molecular flexibility index (Phi) is 4.03. The van der Waals surface area contributed by atoms with E-state index in [0.717, 1.165) is 0 Å². The standard InChI is InChI=1S/C14H21N5O3S/c1-10-7-14(11(2)22-10)23(20,21)18-8-12(17(3)4)13(9-18)19-6-5-15-16-19/h5-7,12-13H,8-9H2,1-4H3/t12-,13+/m1/s1. The molecule has 1 fully saturated rings. The quantitative estimate of drug-likeness (QED) is 0.814. The highest BCUT2D eigenvalue weighted by Gasteiger charge is 2.42. The molecule has 23 heavy (non-hydrogen) atoms. The van der Waals surface area contributed by atoms with E-state index in [1.807, 2.05) is 19.0 Å². The minimum absolute atomic E-state index is 0.0276. The van der Waals surface area contributed by atoms with Crippen LogP contribution in [0.4, 0.5) is 0 Å². The summed E-state index contributed by atoms with van der Waals surface area (Å²) in [4.78, 5) is 2.27. The molecular formula is C14H21N5O3S. The lowest BCUT2D eigenvalue weighted by atomic mass is 10.1. The van der Waals surface area contributed by atoms with Gasteiger partial charge in [0.25, 0.3) is 0 Å². The Morgan fingerprint density at radius 3 is 2.57 bits per heavy atom. The third-order valence-corrected chi connectivity index (χ3v) is 6.22. The van der Waals surface area contributed by atoms with Crippen molar-refractivity contribution in [2.45, 2.75) is 30.8 Å². The molecule has 3 heterocycles. The van der Waals surface area contributed by atoms with Crippen LogP contribution in [0.2, 0.25) is 0 Å². The molecule has 0 saturated carbocycles. The minimum atomic E-state index is -3.59. The molecule has 0 bridgehead atoms. The Bertz CT molecular complexity index is 781. The van der Waals surface area contributed by atoms with Crippen LogP contribution < -0.4 is 0 Å². The van der Waals surface area contributed by atoms with Crippen molar-refractivity contribution < 1.29 is 12.8 Å². The van der Waals surface area contributed by atoms with Gasteiger partial charge in [-0.15, -0.1) is 5.10 Å². The van der Waals surface area contributed by atoms with E-state index < -0.39 is 10.0 Å². The van der Waals surface area contributed by atoms with Crippen LogP contribution in [0.3, 0.4) is 0 Å². The summed E-state index contributed by atoms with van der Waals surface area (Å²) in [7, 11) is 0.297. The zero-order valence-corrected chi connectivity index (χ0v) is 14.5. The fraction of sp³-hybridized carbons (Fsp3) is 0.571. The van der Waals surface area contributed by atoms with Crippen molar-refractivity contribution in [3.8, 4) is 0 Å². The van der Waals surface area contributed by atoms with Gasteiger partial charge in [0, 0.05) is 25.3 Å². The number of hydrogen-bond donors (Lipinski definition) is 0. The Morgan fingerprint density at radius 2 is 2.04 bits per heavy atom. The third kappa shape index (κ3) is 2.79. The average molecular weight is 339 g/mol. The van der Waals surface area contributed by atoms with Crippen molar-refractivity contribution in [3.05, 3.63) is 30.0 Å². The molecule has 0 amide bonds. The van der Waals surface area contributed by atoms with Gasteiger partial charge in [-0.3, -0.25) is 0 Å². The van der Waals surface area contributed by atoms with Crippen LogP contribution in [0.1, 0.15) is 17.6 Å². The molecule has 2 aromatic rings. The molecule has 0 aliphatic carbocycles. The molecule has 2 aromatic heterocycles. The lowest BCUT2D eigenvalue weighted by molar-refractivity contribution is 0.242. The lowest BCUT2D eigenvalue weighted by Gasteiger charge is -2.24. The number of hydrogen-bond acceptors (Lipinski definition) is 6. The highest BCUT2D eigenvalue weighted by atomic mass is 32.2. The molecule has 2 atom stereocenters. The largest absolute Gasteiger partial charge is 0.465 e. The second-order valence-electron chi connectivity index (χ2n) is 6.08. The fourth-order valence-electron chi connectivity index (χ4n) is 3.10. The molecule has 1 saturated heterocycles. The van der Waals surface area contributed by atoms with Crippen molar-refractivity contribution >= 4 is 10.0 Å². The predicted molar refractivity (Wildman–Crippen MR) is 83.5 cm³/mol. The average Bonchev–Trinajstić information content (AvgIpc) is 3.16. The van der Waals surface area contributed by atoms with Crippen LogP contribution in [-0.4, -0.2) is 65.8 Å². The molecular weight excluding hydrogens is 318 g/mol. The Balaban J connectivity index is 1.94. The van der Waals surface area contributed by atoms with Crippen LogP contribution in [0.15, 0.2) is 27.8 Å². The zero-order chi connectivity index (χ0) is 16.8. The van der Waals surface area contributed by atoms with Gasteiger partial charge in [0.1, 0.15) is 16.4 Å². The van der Waals surface area contributed by atoms with Crippen molar-refractivity contribution in [1.29, 1.82) is 0 Å². The van der Waals surface area contributed by atoms with Crippen molar-refractivity contribution in [2.24, 2.45) is 0 Å². The van der Waals surface area contributed by atoms with Crippen LogP contribution in [0, 0.1) is 13.8 Å². The Hall–Kier alpha value is -1.71. The summed E-state index contributed by atoms with van der Waals surface area (Å²) in [5.74, 6) is 1.02. The fourth-order valence-corrected chi connectivity index (χ4v) is 4.79. The van der Waals surface area contributed by atoms with E-state index in [-0.39, 0.29) is 17.0 Å². The number of likely N-dealkylation sites (N-methyl/N-ethyl adjacent to an activating group) is 1. The van der Waals surface area contributed by atoms with Gasteiger partial charge in [0.05, 0.1) is 12.2 Å². The summed E-state index contributed by atoms with van der Waals surface area (Å²) in [6, 6.07) is 1.54. The maximum absolute atomic E-state index is 13.0. The molecule has 9 heteroatoms. The minimum Gasteiger partial charge on any atom is -0.465 e. The van der Waals surface area contributed by atoms with Crippen molar-refractivity contribution in [1.82, 2.24) is 24.2 Å². The number of nitrogens with zero attached hydrogens (tertiary/aromatic N) is 5. The molecule has 1 aliphatic heterocycles. The predicted octanol–water partition coefficient (Wildman–Crippen LogP) is 0.664. The molecule has 0 aromatic carbocycles. The van der Waals surface area contributed by atoms with E-state index in [4.69, 9.17) is 4.42 Å². The summed E-state index contributed by atoms with van der Waals surface area (Å²) in [6.07, 6.45) is 3.37. The second-order valence-corrected chi connectivity index (χ2v) is 7.99. The van der Waals surface area contributed by atoms with Gasteiger partial charge >= 0.3 is 0 Å². The summed E-state index contributed by atoms with van der Waals surface area (Å²) < 4.78 is 34.5. The summed E-state index contributed by atoms with van der Waals surface area (Å²) in [5, 5.41) is 7.88. The lowest BCUT2D eigenvalue weighted by Crippen LogP contribution is -2.37. The first kappa shape index (κ1) is 16.2. The molecule has 0 unspecified atom stereocenters. The van der Waals surface area contributed by atoms with Crippen LogP contribution in [0.5, 0.6) is 0 Å². The summed E-state index contributed by atoms with van der Waals surface area (Å²) >= 11 is 0. The van der Waals surface area contributed by atoms with Gasteiger partial charge in [-0.1, -0.05) is 5.21 Å². The number of rotatable bonds is 4. The van der Waals surface area contributed by atoms with Crippen LogP contribution >= 0.6 is 0 Å². The normalized spacial score (nSPS) is 23.0. The SMILES string of the molecule is Cc1cc(S(=O)(=O)N2C[C@@H](N(C)C)[C@@H](n3ccnn3)C2)c(C)o1. The number of sulfonamides is 1. The van der Waals surface area contributed by atoms with Crippen molar-refractivity contribution in [2.75, 3.05) is 27.2 Å². The number of furan rings is 1. The first-order chi connectivity index (χ1) is 10.8. The molecule has 1 aliphatic rings. The molecule has 0 radical (unpaired) electrons. The van der Waals surface area contributed by atoms with E-state index in [2.05, 4.69) is 10.3 Å². The monoisotopic (exact) mass is 339 g/mol. The summed E-state index contributed by atoms with van der Waals surface area (Å²) in [5.41, 5.74) is 0. The van der Waals surface area contributed by atoms with E-state index in [1.165, 1.54) is 4.31 Å². The third-order valence-electron chi connectivity index (χ3n) is 4.28. The van der Waals surface area contributed by atoms with Gasteiger partial charge in [-0.25, -0.2) is 13.1 Å². The smallest absolute Gasteiger partial charge is 0.246 e. The van der Waals surface area contributed by atoms with E-state index in [0.29, 0.717) is 24.6 Å². The first-order valence-corrected chi connectivity index (χ1v) is 8.84. The maximum Gasteiger partial charge on any atom is 0.246 e. The summed E-state index contributed by atoms with van der Waals surface area (Å²) in [6.45, 7) is 4.19. The second kappa shape index (κ2) is 5.73. The van der Waals surface area contributed by atoms with Gasteiger partial charge < -0.3 is 9.32 Å². The molecule has 8 nitrogen and oxygen atoms in total. The van der Waals surface area contributed by atoms with Crippen molar-refractivity contribution in [3.63, 3.8) is 0 Å². The van der Waals surface area contributed by atoms with E-state index in [9.17, 15) is 8.42 Å². The molecule has 126 valence electrons. The highest BCUT2D eigenvalue weighted by molar-refractivity contribution is 7.89. The van der Waals surface area contributed by atoms with Gasteiger partial charge in [0.15, 0.2) is 0 Å². The Labute approximate surface area is 135 Å². The highest BCUT2D eigenvalue weighted by Crippen LogP contribution is 2.31. The van der Waals surface area contributed by atoms with E-state index >= 15 is 0 Å².